The number of carbonyl (C=O) groups excluding carboxylic acids is 3. The van der Waals surface area contributed by atoms with E-state index >= 15 is 0 Å². The van der Waals surface area contributed by atoms with Gasteiger partial charge in [-0.05, 0) is 25.5 Å². The monoisotopic (exact) mass is 433 g/mol. The van der Waals surface area contributed by atoms with Crippen LogP contribution in [-0.2, 0) is 14.3 Å². The maximum absolute atomic E-state index is 13.1. The number of rotatable bonds is 4. The second-order valence-electron chi connectivity index (χ2n) is 8.28. The number of carbonyl (C=O) groups is 3. The molecule has 1 aliphatic heterocycles. The Morgan fingerprint density at radius 1 is 1.26 bits per heavy atom. The molecular formula is C23H35N3O5. The van der Waals surface area contributed by atoms with Gasteiger partial charge in [-0.2, -0.15) is 0 Å². The molecule has 0 bridgehead atoms. The van der Waals surface area contributed by atoms with E-state index in [9.17, 15) is 14.4 Å². The highest BCUT2D eigenvalue weighted by molar-refractivity contribution is 5.98. The molecule has 2 rings (SSSR count). The first-order valence-electron chi connectivity index (χ1n) is 10.8. The minimum atomic E-state index is -0.223. The van der Waals surface area contributed by atoms with Crippen molar-refractivity contribution in [2.45, 2.75) is 52.7 Å². The number of nitrogens with zero attached hydrogens (tertiary/aromatic N) is 2. The maximum atomic E-state index is 13.1. The fourth-order valence-corrected chi connectivity index (χ4v) is 3.74. The van der Waals surface area contributed by atoms with Gasteiger partial charge in [0.2, 0.25) is 11.8 Å². The van der Waals surface area contributed by atoms with E-state index in [4.69, 9.17) is 9.47 Å². The highest BCUT2D eigenvalue weighted by Crippen LogP contribution is 2.27. The first-order valence-corrected chi connectivity index (χ1v) is 10.8. The van der Waals surface area contributed by atoms with E-state index < -0.39 is 0 Å². The summed E-state index contributed by atoms with van der Waals surface area (Å²) in [5.41, 5.74) is 0.972. The molecule has 31 heavy (non-hydrogen) atoms. The quantitative estimate of drug-likeness (QED) is 0.789. The third kappa shape index (κ3) is 6.43. The van der Waals surface area contributed by atoms with Gasteiger partial charge in [0.1, 0.15) is 12.4 Å². The number of likely N-dealkylation sites (N-methyl/N-ethyl adjacent to an activating group) is 1. The Bertz CT molecular complexity index is 797. The summed E-state index contributed by atoms with van der Waals surface area (Å²) in [4.78, 5) is 40.8. The second-order valence-corrected chi connectivity index (χ2v) is 8.28. The van der Waals surface area contributed by atoms with Gasteiger partial charge < -0.3 is 24.6 Å². The van der Waals surface area contributed by atoms with Crippen molar-refractivity contribution in [1.29, 1.82) is 0 Å². The highest BCUT2D eigenvalue weighted by Gasteiger charge is 2.29. The topological polar surface area (TPSA) is 88.2 Å². The Labute approximate surface area is 184 Å². The molecule has 3 amide bonds. The summed E-state index contributed by atoms with van der Waals surface area (Å²) in [5, 5.41) is 2.84. The van der Waals surface area contributed by atoms with Crippen molar-refractivity contribution in [3.05, 3.63) is 23.8 Å². The fourth-order valence-electron chi connectivity index (χ4n) is 3.74. The van der Waals surface area contributed by atoms with Gasteiger partial charge in [-0.3, -0.25) is 14.4 Å². The number of ether oxygens (including phenoxy) is 2. The zero-order valence-electron chi connectivity index (χ0n) is 19.4. The van der Waals surface area contributed by atoms with Crippen LogP contribution in [0, 0.1) is 5.92 Å². The van der Waals surface area contributed by atoms with Gasteiger partial charge in [0, 0.05) is 58.3 Å². The summed E-state index contributed by atoms with van der Waals surface area (Å²) in [6, 6.07) is 4.84. The lowest BCUT2D eigenvalue weighted by atomic mass is 10.0. The average Bonchev–Trinajstić information content (AvgIpc) is 2.72. The van der Waals surface area contributed by atoms with Gasteiger partial charge in [-0.15, -0.1) is 0 Å². The van der Waals surface area contributed by atoms with Crippen LogP contribution >= 0.6 is 0 Å². The largest absolute Gasteiger partial charge is 0.491 e. The van der Waals surface area contributed by atoms with Crippen molar-refractivity contribution in [3.8, 4) is 5.75 Å². The number of methoxy groups -OCH3 is 1. The predicted molar refractivity (Wildman–Crippen MR) is 119 cm³/mol. The summed E-state index contributed by atoms with van der Waals surface area (Å²) in [6.07, 6.45) is 0.939. The zero-order chi connectivity index (χ0) is 23.1. The summed E-state index contributed by atoms with van der Waals surface area (Å²) < 4.78 is 11.7. The molecule has 0 aromatic heterocycles. The molecule has 3 atom stereocenters. The molecule has 172 valence electrons. The smallest absolute Gasteiger partial charge is 0.257 e. The lowest BCUT2D eigenvalue weighted by Crippen LogP contribution is -2.48. The minimum absolute atomic E-state index is 0.0293. The van der Waals surface area contributed by atoms with E-state index in [1.165, 1.54) is 0 Å². The minimum Gasteiger partial charge on any atom is -0.491 e. The molecule has 1 aliphatic rings. The van der Waals surface area contributed by atoms with Crippen molar-refractivity contribution in [2.75, 3.05) is 39.2 Å². The Morgan fingerprint density at radius 3 is 2.58 bits per heavy atom. The van der Waals surface area contributed by atoms with E-state index in [1.807, 2.05) is 20.8 Å². The molecule has 1 N–H and O–H groups in total. The zero-order valence-corrected chi connectivity index (χ0v) is 19.4. The number of nitrogens with one attached hydrogen (secondary N) is 1. The van der Waals surface area contributed by atoms with E-state index in [0.717, 1.165) is 6.42 Å². The summed E-state index contributed by atoms with van der Waals surface area (Å²) in [6.45, 7) is 8.52. The number of hydrogen-bond donors (Lipinski definition) is 1. The molecule has 8 heteroatoms. The van der Waals surface area contributed by atoms with Crippen LogP contribution in [0.5, 0.6) is 5.75 Å². The molecule has 0 aliphatic carbocycles. The van der Waals surface area contributed by atoms with Crippen molar-refractivity contribution < 1.29 is 23.9 Å². The van der Waals surface area contributed by atoms with E-state index in [0.29, 0.717) is 36.5 Å². The van der Waals surface area contributed by atoms with Crippen LogP contribution in [0.4, 0.5) is 5.69 Å². The number of fused-ring (bicyclic) bond motifs is 1. The van der Waals surface area contributed by atoms with Crippen LogP contribution in [0.15, 0.2) is 18.2 Å². The Balaban J connectivity index is 2.41. The Kier molecular flexibility index (Phi) is 8.86. The lowest BCUT2D eigenvalue weighted by Gasteiger charge is -2.35. The van der Waals surface area contributed by atoms with Crippen molar-refractivity contribution in [1.82, 2.24) is 9.80 Å². The Morgan fingerprint density at radius 2 is 1.97 bits per heavy atom. The summed E-state index contributed by atoms with van der Waals surface area (Å²) >= 11 is 0. The van der Waals surface area contributed by atoms with Crippen molar-refractivity contribution in [2.24, 2.45) is 5.92 Å². The Hall–Kier alpha value is -2.61. The average molecular weight is 434 g/mol. The van der Waals surface area contributed by atoms with E-state index in [1.54, 1.807) is 49.1 Å². The molecule has 0 saturated heterocycles. The van der Waals surface area contributed by atoms with Crippen LogP contribution in [0.1, 0.15) is 50.9 Å². The molecule has 0 saturated carbocycles. The molecule has 1 aromatic rings. The van der Waals surface area contributed by atoms with Gasteiger partial charge in [-0.1, -0.05) is 13.8 Å². The molecule has 0 unspecified atom stereocenters. The highest BCUT2D eigenvalue weighted by atomic mass is 16.5. The predicted octanol–water partition coefficient (Wildman–Crippen LogP) is 2.78. The molecule has 0 fully saturated rings. The lowest BCUT2D eigenvalue weighted by molar-refractivity contribution is -0.133. The normalized spacial score (nSPS) is 22.6. The number of hydrogen-bond acceptors (Lipinski definition) is 5. The fraction of sp³-hybridized carbons (Fsp3) is 0.609. The standard InChI is InChI=1S/C23H35N3O5/c1-7-8-22(28)24-18-9-10-19-20(11-18)31-14-16(3)26(17(4)27)12-15(2)21(30-6)13-25(5)23(19)29/h9-11,15-16,21H,7-8,12-14H2,1-6H3,(H,24,28)/t15-,16+,21-/m0/s1. The van der Waals surface area contributed by atoms with Gasteiger partial charge in [0.05, 0.1) is 17.7 Å². The SMILES string of the molecule is CCCC(=O)Nc1ccc2c(c1)OC[C@@H](C)N(C(C)=O)C[C@H](C)[C@@H](OC)CN(C)C2=O. The first kappa shape index (κ1) is 24.7. The van der Waals surface area contributed by atoms with Gasteiger partial charge in [0.25, 0.3) is 5.91 Å². The molecule has 0 radical (unpaired) electrons. The molecule has 1 heterocycles. The van der Waals surface area contributed by atoms with Crippen LogP contribution in [0.2, 0.25) is 0 Å². The van der Waals surface area contributed by atoms with Crippen molar-refractivity contribution >= 4 is 23.4 Å². The summed E-state index contributed by atoms with van der Waals surface area (Å²) in [5.74, 6) is 0.0882. The van der Waals surface area contributed by atoms with Crippen LogP contribution < -0.4 is 10.1 Å². The van der Waals surface area contributed by atoms with E-state index in [-0.39, 0.29) is 42.4 Å². The molecule has 8 nitrogen and oxygen atoms in total. The van der Waals surface area contributed by atoms with Gasteiger partial charge >= 0.3 is 0 Å². The van der Waals surface area contributed by atoms with Crippen molar-refractivity contribution in [3.63, 3.8) is 0 Å². The second kappa shape index (κ2) is 11.1. The van der Waals surface area contributed by atoms with E-state index in [2.05, 4.69) is 5.32 Å². The molecular weight excluding hydrogens is 398 g/mol. The van der Waals surface area contributed by atoms with Gasteiger partial charge in [-0.25, -0.2) is 0 Å². The van der Waals surface area contributed by atoms with Crippen LogP contribution in [0.25, 0.3) is 0 Å². The van der Waals surface area contributed by atoms with Crippen LogP contribution in [0.3, 0.4) is 0 Å². The maximum Gasteiger partial charge on any atom is 0.257 e. The molecule has 1 aromatic carbocycles. The number of amides is 3. The summed E-state index contributed by atoms with van der Waals surface area (Å²) in [7, 11) is 3.34. The first-order chi connectivity index (χ1) is 14.7. The van der Waals surface area contributed by atoms with Gasteiger partial charge in [0.15, 0.2) is 0 Å². The molecule has 0 spiro atoms. The third-order valence-electron chi connectivity index (χ3n) is 5.61. The third-order valence-corrected chi connectivity index (χ3v) is 5.61. The number of anilines is 1. The number of benzene rings is 1. The van der Waals surface area contributed by atoms with Crippen LogP contribution in [-0.4, -0.2) is 73.5 Å².